The first kappa shape index (κ1) is 15.9. The monoisotopic (exact) mass is 229 g/mol. The predicted molar refractivity (Wildman–Crippen MR) is 70.2 cm³/mol. The Balaban J connectivity index is 3.30. The minimum absolute atomic E-state index is 0.670. The van der Waals surface area contributed by atoms with E-state index in [4.69, 9.17) is 4.65 Å². The van der Waals surface area contributed by atoms with Crippen LogP contribution in [0, 0.1) is 0 Å². The zero-order chi connectivity index (χ0) is 12.2. The maximum absolute atomic E-state index is 9.65. The van der Waals surface area contributed by atoms with Gasteiger partial charge in [0.05, 0.1) is 0 Å². The summed E-state index contributed by atoms with van der Waals surface area (Å²) in [6.07, 6.45) is 7.51. The summed E-state index contributed by atoms with van der Waals surface area (Å²) in [4.78, 5) is 1.90. The minimum Gasteiger partial charge on any atom is -0.413 e. The summed E-state index contributed by atoms with van der Waals surface area (Å²) in [6.45, 7) is 8.61. The van der Waals surface area contributed by atoms with Crippen LogP contribution in [0.3, 0.4) is 0 Å². The lowest BCUT2D eigenvalue weighted by Crippen LogP contribution is -2.41. The van der Waals surface area contributed by atoms with Crippen LogP contribution in [0.2, 0.25) is 0 Å². The molecule has 0 atom stereocenters. The van der Waals surface area contributed by atoms with E-state index < -0.39 is 7.25 Å². The van der Waals surface area contributed by atoms with E-state index in [9.17, 15) is 5.02 Å². The van der Waals surface area contributed by atoms with Crippen molar-refractivity contribution >= 4 is 7.25 Å². The molecule has 96 valence electrons. The van der Waals surface area contributed by atoms with Gasteiger partial charge in [-0.25, -0.2) is 0 Å². The van der Waals surface area contributed by atoms with Crippen LogP contribution in [0.15, 0.2) is 0 Å². The highest BCUT2D eigenvalue weighted by molar-refractivity contribution is 6.39. The van der Waals surface area contributed by atoms with Gasteiger partial charge in [-0.2, -0.15) is 0 Å². The van der Waals surface area contributed by atoms with Crippen molar-refractivity contribution in [1.82, 2.24) is 4.81 Å². The largest absolute Gasteiger partial charge is 0.554 e. The van der Waals surface area contributed by atoms with Crippen LogP contribution in [0.5, 0.6) is 0 Å². The van der Waals surface area contributed by atoms with Gasteiger partial charge in [-0.05, 0) is 19.5 Å². The van der Waals surface area contributed by atoms with Crippen LogP contribution in [0.25, 0.3) is 0 Å². The van der Waals surface area contributed by atoms with Crippen molar-refractivity contribution in [2.45, 2.75) is 59.3 Å². The number of rotatable bonds is 11. The Morgan fingerprint density at radius 3 is 2.06 bits per heavy atom. The third kappa shape index (κ3) is 8.14. The summed E-state index contributed by atoms with van der Waals surface area (Å²) in [5.41, 5.74) is 0. The quantitative estimate of drug-likeness (QED) is 0.436. The van der Waals surface area contributed by atoms with Crippen LogP contribution in [-0.2, 0) is 4.65 Å². The molecule has 0 unspecified atom stereocenters. The van der Waals surface area contributed by atoms with E-state index in [1.165, 1.54) is 32.1 Å². The fourth-order valence-corrected chi connectivity index (χ4v) is 1.71. The van der Waals surface area contributed by atoms with E-state index in [0.29, 0.717) is 6.61 Å². The fourth-order valence-electron chi connectivity index (χ4n) is 1.71. The molecule has 0 heterocycles. The van der Waals surface area contributed by atoms with Crippen LogP contribution in [0.1, 0.15) is 59.3 Å². The minimum atomic E-state index is -0.717. The van der Waals surface area contributed by atoms with Gasteiger partial charge in [0.15, 0.2) is 0 Å². The molecular weight excluding hydrogens is 201 g/mol. The number of hydrogen-bond acceptors (Lipinski definition) is 3. The van der Waals surface area contributed by atoms with E-state index in [-0.39, 0.29) is 0 Å². The Morgan fingerprint density at radius 2 is 1.50 bits per heavy atom. The molecule has 4 heteroatoms. The Labute approximate surface area is 101 Å². The summed E-state index contributed by atoms with van der Waals surface area (Å²) in [7, 11) is -0.717. The second kappa shape index (κ2) is 11.4. The molecule has 0 aromatic carbocycles. The van der Waals surface area contributed by atoms with Gasteiger partial charge in [0.1, 0.15) is 0 Å². The van der Waals surface area contributed by atoms with Crippen molar-refractivity contribution in [2.75, 3.05) is 19.7 Å². The maximum atomic E-state index is 9.65. The maximum Gasteiger partial charge on any atom is 0.554 e. The predicted octanol–water partition coefficient (Wildman–Crippen LogP) is 2.68. The van der Waals surface area contributed by atoms with E-state index in [2.05, 4.69) is 6.92 Å². The highest BCUT2D eigenvalue weighted by atomic mass is 16.5. The second-order valence-corrected chi connectivity index (χ2v) is 4.19. The lowest BCUT2D eigenvalue weighted by atomic mass is 10.1. The van der Waals surface area contributed by atoms with Crippen LogP contribution in [0.4, 0.5) is 0 Å². The van der Waals surface area contributed by atoms with Crippen molar-refractivity contribution in [1.29, 1.82) is 0 Å². The Bertz CT molecular complexity index is 143. The molecule has 0 spiro atoms. The summed E-state index contributed by atoms with van der Waals surface area (Å²) in [5.74, 6) is 0. The standard InChI is InChI=1S/C12H28BNO2/c1-4-7-8-9-10-11-12-16-13(15)14(5-2)6-3/h15H,4-12H2,1-3H3. The topological polar surface area (TPSA) is 32.7 Å². The highest BCUT2D eigenvalue weighted by Gasteiger charge is 2.20. The number of nitrogens with zero attached hydrogens (tertiary/aromatic N) is 1. The molecule has 0 aliphatic rings. The van der Waals surface area contributed by atoms with Crippen molar-refractivity contribution in [2.24, 2.45) is 0 Å². The lowest BCUT2D eigenvalue weighted by molar-refractivity contribution is 0.193. The molecule has 0 aliphatic carbocycles. The molecule has 0 aliphatic heterocycles. The molecule has 0 bridgehead atoms. The van der Waals surface area contributed by atoms with E-state index >= 15 is 0 Å². The van der Waals surface area contributed by atoms with Gasteiger partial charge in [-0.15, -0.1) is 0 Å². The molecular formula is C12H28BNO2. The van der Waals surface area contributed by atoms with Crippen molar-refractivity contribution < 1.29 is 9.68 Å². The fraction of sp³-hybridized carbons (Fsp3) is 1.00. The Kier molecular flexibility index (Phi) is 11.4. The molecule has 0 aromatic rings. The summed E-state index contributed by atoms with van der Waals surface area (Å²) >= 11 is 0. The molecule has 0 radical (unpaired) electrons. The van der Waals surface area contributed by atoms with Crippen molar-refractivity contribution in [3.63, 3.8) is 0 Å². The van der Waals surface area contributed by atoms with Crippen LogP contribution >= 0.6 is 0 Å². The lowest BCUT2D eigenvalue weighted by Gasteiger charge is -2.20. The Hall–Kier alpha value is -0.0551. The van der Waals surface area contributed by atoms with Gasteiger partial charge >= 0.3 is 7.25 Å². The molecule has 3 nitrogen and oxygen atoms in total. The van der Waals surface area contributed by atoms with Gasteiger partial charge < -0.3 is 9.68 Å². The normalized spacial score (nSPS) is 11.1. The molecule has 0 aromatic heterocycles. The molecule has 0 saturated heterocycles. The average Bonchev–Trinajstić information content (AvgIpc) is 2.29. The molecule has 0 rings (SSSR count). The van der Waals surface area contributed by atoms with Crippen LogP contribution in [-0.4, -0.2) is 36.8 Å². The second-order valence-electron chi connectivity index (χ2n) is 4.19. The van der Waals surface area contributed by atoms with Crippen LogP contribution < -0.4 is 0 Å². The molecule has 1 N–H and O–H groups in total. The molecule has 0 amide bonds. The van der Waals surface area contributed by atoms with Gasteiger partial charge in [0, 0.05) is 6.61 Å². The number of hydrogen-bond donors (Lipinski definition) is 1. The average molecular weight is 229 g/mol. The summed E-state index contributed by atoms with van der Waals surface area (Å²) < 4.78 is 5.37. The number of unbranched alkanes of at least 4 members (excludes halogenated alkanes) is 5. The van der Waals surface area contributed by atoms with Crippen molar-refractivity contribution in [3.05, 3.63) is 0 Å². The Morgan fingerprint density at radius 1 is 0.938 bits per heavy atom. The first-order chi connectivity index (χ1) is 7.76. The zero-order valence-electron chi connectivity index (χ0n) is 11.2. The third-order valence-corrected chi connectivity index (χ3v) is 2.89. The summed E-state index contributed by atoms with van der Waals surface area (Å²) in [5, 5.41) is 9.65. The van der Waals surface area contributed by atoms with Gasteiger partial charge in [0.2, 0.25) is 0 Å². The van der Waals surface area contributed by atoms with E-state index in [0.717, 1.165) is 19.5 Å². The highest BCUT2D eigenvalue weighted by Crippen LogP contribution is 2.05. The zero-order valence-corrected chi connectivity index (χ0v) is 11.2. The SMILES string of the molecule is CCCCCCCCOB(O)N(CC)CC. The van der Waals surface area contributed by atoms with Gasteiger partial charge in [0.25, 0.3) is 0 Å². The van der Waals surface area contributed by atoms with Gasteiger partial charge in [-0.3, -0.25) is 4.81 Å². The molecule has 16 heavy (non-hydrogen) atoms. The smallest absolute Gasteiger partial charge is 0.413 e. The van der Waals surface area contributed by atoms with Gasteiger partial charge in [-0.1, -0.05) is 52.9 Å². The van der Waals surface area contributed by atoms with Crippen molar-refractivity contribution in [3.8, 4) is 0 Å². The summed E-state index contributed by atoms with van der Waals surface area (Å²) in [6, 6.07) is 0. The van der Waals surface area contributed by atoms with E-state index in [1.54, 1.807) is 0 Å². The first-order valence-corrected chi connectivity index (χ1v) is 6.79. The third-order valence-electron chi connectivity index (χ3n) is 2.89. The molecule has 0 saturated carbocycles. The molecule has 0 fully saturated rings. The first-order valence-electron chi connectivity index (χ1n) is 6.79. The van der Waals surface area contributed by atoms with E-state index in [1.807, 2.05) is 18.7 Å².